The second-order valence-electron chi connectivity index (χ2n) is 6.39. The zero-order valence-corrected chi connectivity index (χ0v) is 14.8. The first-order valence-corrected chi connectivity index (χ1v) is 8.85. The zero-order chi connectivity index (χ0) is 18.5. The third kappa shape index (κ3) is 4.15. The van der Waals surface area contributed by atoms with Gasteiger partial charge in [-0.3, -0.25) is 0 Å². The highest BCUT2D eigenvalue weighted by molar-refractivity contribution is 5.91. The normalized spacial score (nSPS) is 10.7. The van der Waals surface area contributed by atoms with Crippen molar-refractivity contribution in [3.63, 3.8) is 0 Å². The number of nitrogens with one attached hydrogen (secondary N) is 2. The first-order chi connectivity index (χ1) is 13.3. The molecule has 134 valence electrons. The Labute approximate surface area is 157 Å². The van der Waals surface area contributed by atoms with Crippen LogP contribution in [-0.4, -0.2) is 20.9 Å². The monoisotopic (exact) mass is 356 g/mol. The van der Waals surface area contributed by atoms with Gasteiger partial charge in [0.05, 0.1) is 17.4 Å². The van der Waals surface area contributed by atoms with E-state index in [0.717, 1.165) is 27.8 Å². The number of carbonyl (C=O) groups excluding carboxylic acids is 1. The van der Waals surface area contributed by atoms with Gasteiger partial charge >= 0.3 is 6.03 Å². The van der Waals surface area contributed by atoms with Gasteiger partial charge < -0.3 is 15.2 Å². The third-order valence-corrected chi connectivity index (χ3v) is 4.39. The smallest absolute Gasteiger partial charge is 0.322 e. The van der Waals surface area contributed by atoms with Gasteiger partial charge in [-0.25, -0.2) is 9.78 Å². The van der Waals surface area contributed by atoms with Crippen LogP contribution in [0.4, 0.5) is 10.5 Å². The highest BCUT2D eigenvalue weighted by Crippen LogP contribution is 2.17. The first-order valence-electron chi connectivity index (χ1n) is 8.85. The van der Waals surface area contributed by atoms with Gasteiger partial charge in [-0.2, -0.15) is 0 Å². The quantitative estimate of drug-likeness (QED) is 0.540. The maximum Gasteiger partial charge on any atom is 0.322 e. The number of fused-ring (bicyclic) bond motifs is 1. The summed E-state index contributed by atoms with van der Waals surface area (Å²) in [6, 6.07) is 25.5. The molecule has 0 atom stereocenters. The molecular formula is C22H20N4O. The number of carbonyl (C=O) groups is 1. The number of hydrogen-bond acceptors (Lipinski definition) is 2. The molecule has 4 rings (SSSR count). The number of rotatable bonds is 5. The largest absolute Gasteiger partial charge is 0.345 e. The van der Waals surface area contributed by atoms with Crippen LogP contribution >= 0.6 is 0 Å². The molecule has 0 saturated carbocycles. The minimum absolute atomic E-state index is 0.137. The lowest BCUT2D eigenvalue weighted by molar-refractivity contribution is 0.206. The molecule has 0 unspecified atom stereocenters. The van der Waals surface area contributed by atoms with Crippen LogP contribution < -0.4 is 5.32 Å². The molecule has 0 bridgehead atoms. The van der Waals surface area contributed by atoms with E-state index in [2.05, 4.69) is 15.3 Å². The van der Waals surface area contributed by atoms with E-state index >= 15 is 0 Å². The number of benzene rings is 3. The molecule has 5 nitrogen and oxygen atoms in total. The first kappa shape index (κ1) is 16.8. The molecule has 0 saturated heterocycles. The van der Waals surface area contributed by atoms with E-state index in [0.29, 0.717) is 13.1 Å². The van der Waals surface area contributed by atoms with Crippen LogP contribution in [0.15, 0.2) is 85.2 Å². The zero-order valence-electron chi connectivity index (χ0n) is 14.8. The van der Waals surface area contributed by atoms with Crippen LogP contribution in [0.2, 0.25) is 0 Å². The van der Waals surface area contributed by atoms with E-state index < -0.39 is 0 Å². The molecule has 5 heteroatoms. The minimum atomic E-state index is -0.137. The number of H-pyrrole nitrogens is 1. The number of nitrogens with zero attached hydrogens (tertiary/aromatic N) is 2. The molecule has 0 aliphatic heterocycles. The van der Waals surface area contributed by atoms with Crippen LogP contribution in [0.25, 0.3) is 11.0 Å². The van der Waals surface area contributed by atoms with Crippen molar-refractivity contribution in [1.29, 1.82) is 0 Å². The Hall–Kier alpha value is -3.60. The van der Waals surface area contributed by atoms with Crippen molar-refractivity contribution < 1.29 is 4.79 Å². The minimum Gasteiger partial charge on any atom is -0.345 e. The van der Waals surface area contributed by atoms with Crippen LogP contribution in [0, 0.1) is 0 Å². The van der Waals surface area contributed by atoms with Crippen LogP contribution in [0.3, 0.4) is 0 Å². The van der Waals surface area contributed by atoms with Gasteiger partial charge in [0.1, 0.15) is 0 Å². The van der Waals surface area contributed by atoms with Gasteiger partial charge in [0.15, 0.2) is 0 Å². The summed E-state index contributed by atoms with van der Waals surface area (Å²) >= 11 is 0. The third-order valence-electron chi connectivity index (χ3n) is 4.39. The van der Waals surface area contributed by atoms with E-state index in [-0.39, 0.29) is 6.03 Å². The number of imidazole rings is 1. The van der Waals surface area contributed by atoms with Gasteiger partial charge in [0, 0.05) is 18.8 Å². The molecule has 3 aromatic carbocycles. The van der Waals surface area contributed by atoms with Crippen molar-refractivity contribution in [3.8, 4) is 0 Å². The second kappa shape index (κ2) is 7.74. The number of anilines is 1. The highest BCUT2D eigenvalue weighted by atomic mass is 16.2. The number of urea groups is 1. The lowest BCUT2D eigenvalue weighted by Gasteiger charge is -2.23. The van der Waals surface area contributed by atoms with E-state index in [1.54, 1.807) is 6.33 Å². The average molecular weight is 356 g/mol. The van der Waals surface area contributed by atoms with Gasteiger partial charge in [-0.1, -0.05) is 60.7 Å². The summed E-state index contributed by atoms with van der Waals surface area (Å²) in [6.45, 7) is 1.07. The predicted octanol–water partition coefficient (Wildman–Crippen LogP) is 4.80. The number of amides is 2. The van der Waals surface area contributed by atoms with Gasteiger partial charge in [-0.05, 0) is 29.3 Å². The Morgan fingerprint density at radius 3 is 2.15 bits per heavy atom. The summed E-state index contributed by atoms with van der Waals surface area (Å²) in [7, 11) is 0. The van der Waals surface area contributed by atoms with Crippen molar-refractivity contribution in [1.82, 2.24) is 14.9 Å². The van der Waals surface area contributed by atoms with Crippen molar-refractivity contribution in [2.45, 2.75) is 13.1 Å². The molecule has 0 fully saturated rings. The van der Waals surface area contributed by atoms with E-state index in [4.69, 9.17) is 0 Å². The van der Waals surface area contributed by atoms with Crippen LogP contribution in [-0.2, 0) is 13.1 Å². The topological polar surface area (TPSA) is 61.0 Å². The number of aromatic amines is 1. The van der Waals surface area contributed by atoms with Crippen LogP contribution in [0.5, 0.6) is 0 Å². The van der Waals surface area contributed by atoms with Crippen LogP contribution in [0.1, 0.15) is 11.1 Å². The highest BCUT2D eigenvalue weighted by Gasteiger charge is 2.15. The number of hydrogen-bond donors (Lipinski definition) is 2. The Morgan fingerprint density at radius 2 is 1.52 bits per heavy atom. The lowest BCUT2D eigenvalue weighted by Crippen LogP contribution is -2.34. The lowest BCUT2D eigenvalue weighted by atomic mass is 10.2. The van der Waals surface area contributed by atoms with Crippen molar-refractivity contribution >= 4 is 22.8 Å². The molecule has 0 spiro atoms. The Kier molecular flexibility index (Phi) is 4.83. The van der Waals surface area contributed by atoms with Crippen molar-refractivity contribution in [2.75, 3.05) is 5.32 Å². The Balaban J connectivity index is 1.55. The molecule has 2 amide bonds. The fourth-order valence-corrected chi connectivity index (χ4v) is 3.02. The molecule has 1 aromatic heterocycles. The summed E-state index contributed by atoms with van der Waals surface area (Å²) in [4.78, 5) is 22.1. The van der Waals surface area contributed by atoms with E-state index in [9.17, 15) is 4.79 Å². The SMILES string of the molecule is O=C(Nc1ccc2nc[nH]c2c1)N(Cc1ccccc1)Cc1ccccc1. The van der Waals surface area contributed by atoms with Gasteiger partial charge in [-0.15, -0.1) is 0 Å². The van der Waals surface area contributed by atoms with Crippen molar-refractivity contribution in [3.05, 3.63) is 96.3 Å². The molecule has 0 radical (unpaired) electrons. The maximum atomic E-state index is 13.0. The summed E-state index contributed by atoms with van der Waals surface area (Å²) in [5.41, 5.74) is 4.69. The molecule has 27 heavy (non-hydrogen) atoms. The molecule has 0 aliphatic rings. The van der Waals surface area contributed by atoms with Gasteiger partial charge in [0.25, 0.3) is 0 Å². The fourth-order valence-electron chi connectivity index (χ4n) is 3.02. The predicted molar refractivity (Wildman–Crippen MR) is 107 cm³/mol. The Morgan fingerprint density at radius 1 is 0.889 bits per heavy atom. The fraction of sp³-hybridized carbons (Fsp3) is 0.0909. The molecule has 4 aromatic rings. The average Bonchev–Trinajstić information content (AvgIpc) is 3.17. The maximum absolute atomic E-state index is 13.0. The molecular weight excluding hydrogens is 336 g/mol. The van der Waals surface area contributed by atoms with E-state index in [1.165, 1.54) is 0 Å². The summed E-state index contributed by atoms with van der Waals surface area (Å²) in [5, 5.41) is 3.00. The molecule has 0 aliphatic carbocycles. The van der Waals surface area contributed by atoms with Gasteiger partial charge in [0.2, 0.25) is 0 Å². The standard InChI is InChI=1S/C22H20N4O/c27-22(25-19-11-12-20-21(13-19)24-16-23-20)26(14-17-7-3-1-4-8-17)15-18-9-5-2-6-10-18/h1-13,16H,14-15H2,(H,23,24)(H,25,27). The van der Waals surface area contributed by atoms with Crippen molar-refractivity contribution in [2.24, 2.45) is 0 Å². The molecule has 1 heterocycles. The summed E-state index contributed by atoms with van der Waals surface area (Å²) < 4.78 is 0. The second-order valence-corrected chi connectivity index (χ2v) is 6.39. The molecule has 2 N–H and O–H groups in total. The number of aromatic nitrogens is 2. The summed E-state index contributed by atoms with van der Waals surface area (Å²) in [6.07, 6.45) is 1.65. The Bertz CT molecular complexity index is 986. The van der Waals surface area contributed by atoms with E-state index in [1.807, 2.05) is 83.8 Å². The summed E-state index contributed by atoms with van der Waals surface area (Å²) in [5.74, 6) is 0.